The molecule has 1 aromatic rings. The fourth-order valence-electron chi connectivity index (χ4n) is 2.83. The van der Waals surface area contributed by atoms with Crippen LogP contribution < -0.4 is 10.1 Å². The van der Waals surface area contributed by atoms with Crippen LogP contribution in [0, 0.1) is 0 Å². The molecule has 1 atom stereocenters. The van der Waals surface area contributed by atoms with Crippen molar-refractivity contribution < 1.29 is 9.53 Å². The summed E-state index contributed by atoms with van der Waals surface area (Å²) >= 11 is 0. The Morgan fingerprint density at radius 1 is 1.36 bits per heavy atom. The summed E-state index contributed by atoms with van der Waals surface area (Å²) in [6.45, 7) is 1.78. The third kappa shape index (κ3) is 5.50. The van der Waals surface area contributed by atoms with Gasteiger partial charge in [-0.15, -0.1) is 12.4 Å². The van der Waals surface area contributed by atoms with Gasteiger partial charge in [0.15, 0.2) is 0 Å². The molecule has 1 aromatic carbocycles. The predicted octanol–water partition coefficient (Wildman–Crippen LogP) is 2.65. The Hall–Kier alpha value is -1.26. The van der Waals surface area contributed by atoms with Gasteiger partial charge in [0.1, 0.15) is 5.75 Å². The van der Waals surface area contributed by atoms with E-state index in [0.717, 1.165) is 38.1 Å². The molecule has 22 heavy (non-hydrogen) atoms. The van der Waals surface area contributed by atoms with Crippen molar-refractivity contribution in [2.24, 2.45) is 0 Å². The lowest BCUT2D eigenvalue weighted by Crippen LogP contribution is -2.46. The lowest BCUT2D eigenvalue weighted by atomic mass is 10.0. The molecule has 4 nitrogen and oxygen atoms in total. The highest BCUT2D eigenvalue weighted by Gasteiger charge is 2.21. The molecule has 0 bridgehead atoms. The second-order valence-electron chi connectivity index (χ2n) is 5.67. The minimum atomic E-state index is 0. The fraction of sp³-hybridized carbons (Fsp3) is 0.588. The van der Waals surface area contributed by atoms with E-state index in [-0.39, 0.29) is 12.4 Å². The molecule has 0 aromatic heterocycles. The van der Waals surface area contributed by atoms with Crippen LogP contribution in [0.1, 0.15) is 31.2 Å². The van der Waals surface area contributed by atoms with Crippen LogP contribution in [-0.4, -0.2) is 44.1 Å². The summed E-state index contributed by atoms with van der Waals surface area (Å²) in [5.41, 5.74) is 1.26. The quantitative estimate of drug-likeness (QED) is 0.874. The number of hydrogen-bond acceptors (Lipinski definition) is 3. The van der Waals surface area contributed by atoms with Crippen molar-refractivity contribution in [2.75, 3.05) is 27.2 Å². The van der Waals surface area contributed by atoms with Gasteiger partial charge in [-0.05, 0) is 50.4 Å². The van der Waals surface area contributed by atoms with Gasteiger partial charge in [0.05, 0.1) is 7.11 Å². The Bertz CT molecular complexity index is 450. The maximum atomic E-state index is 12.2. The number of amides is 1. The van der Waals surface area contributed by atoms with Crippen molar-refractivity contribution in [1.82, 2.24) is 10.2 Å². The summed E-state index contributed by atoms with van der Waals surface area (Å²) in [6.07, 6.45) is 4.77. The van der Waals surface area contributed by atoms with Gasteiger partial charge < -0.3 is 15.0 Å². The number of methoxy groups -OCH3 is 1. The molecule has 1 heterocycles. The van der Waals surface area contributed by atoms with E-state index in [2.05, 4.69) is 17.4 Å². The van der Waals surface area contributed by atoms with E-state index >= 15 is 0 Å². The predicted molar refractivity (Wildman–Crippen MR) is 91.8 cm³/mol. The summed E-state index contributed by atoms with van der Waals surface area (Å²) < 4.78 is 5.15. The van der Waals surface area contributed by atoms with Gasteiger partial charge in [-0.1, -0.05) is 12.1 Å². The molecule has 0 radical (unpaired) electrons. The Balaban J connectivity index is 0.00000242. The largest absolute Gasteiger partial charge is 0.497 e. The number of halogens is 1. The third-order valence-electron chi connectivity index (χ3n) is 4.20. The average Bonchev–Trinajstić information content (AvgIpc) is 2.55. The van der Waals surface area contributed by atoms with E-state index in [1.807, 2.05) is 24.1 Å². The number of nitrogens with zero attached hydrogens (tertiary/aromatic N) is 1. The van der Waals surface area contributed by atoms with E-state index in [0.29, 0.717) is 18.4 Å². The van der Waals surface area contributed by atoms with E-state index in [1.54, 1.807) is 7.11 Å². The van der Waals surface area contributed by atoms with Crippen molar-refractivity contribution in [1.29, 1.82) is 0 Å². The zero-order valence-corrected chi connectivity index (χ0v) is 14.3. The number of likely N-dealkylation sites (tertiary alicyclic amines) is 1. The van der Waals surface area contributed by atoms with Gasteiger partial charge in [0.2, 0.25) is 5.91 Å². The Kier molecular flexibility index (Phi) is 8.28. The number of carbonyl (C=O) groups is 1. The molecule has 0 saturated carbocycles. The molecule has 5 heteroatoms. The van der Waals surface area contributed by atoms with Crippen molar-refractivity contribution in [3.8, 4) is 5.75 Å². The first-order valence-electron chi connectivity index (χ1n) is 7.81. The maximum Gasteiger partial charge on any atom is 0.222 e. The molecule has 1 saturated heterocycles. The van der Waals surface area contributed by atoms with Crippen molar-refractivity contribution in [3.05, 3.63) is 29.8 Å². The topological polar surface area (TPSA) is 41.6 Å². The van der Waals surface area contributed by atoms with Gasteiger partial charge in [-0.2, -0.15) is 0 Å². The summed E-state index contributed by atoms with van der Waals surface area (Å²) in [5.74, 6) is 1.17. The number of benzene rings is 1. The molecule has 0 aliphatic carbocycles. The number of nitrogens with one attached hydrogen (secondary N) is 1. The van der Waals surface area contributed by atoms with E-state index < -0.39 is 0 Å². The monoisotopic (exact) mass is 326 g/mol. The average molecular weight is 327 g/mol. The number of piperidine rings is 1. The van der Waals surface area contributed by atoms with E-state index in [4.69, 9.17) is 4.74 Å². The Morgan fingerprint density at radius 3 is 2.73 bits per heavy atom. The van der Waals surface area contributed by atoms with Crippen LogP contribution in [0.4, 0.5) is 0 Å². The third-order valence-corrected chi connectivity index (χ3v) is 4.20. The molecule has 1 fully saturated rings. The molecule has 0 spiro atoms. The van der Waals surface area contributed by atoms with Gasteiger partial charge in [0, 0.05) is 25.6 Å². The number of ether oxygens (including phenoxy) is 1. The minimum Gasteiger partial charge on any atom is -0.497 e. The molecule has 1 amide bonds. The zero-order chi connectivity index (χ0) is 15.1. The SMILES string of the molecule is CNC1CCCN(C(=O)CCCc2ccc(OC)cc2)C1.Cl. The molecule has 1 unspecified atom stereocenters. The van der Waals surface area contributed by atoms with Gasteiger partial charge in [0.25, 0.3) is 0 Å². The van der Waals surface area contributed by atoms with Crippen LogP contribution in [0.2, 0.25) is 0 Å². The first-order valence-corrected chi connectivity index (χ1v) is 7.81. The normalized spacial score (nSPS) is 17.7. The fourth-order valence-corrected chi connectivity index (χ4v) is 2.83. The molecule has 1 aliphatic heterocycles. The summed E-state index contributed by atoms with van der Waals surface area (Å²) in [7, 11) is 3.65. The highest BCUT2D eigenvalue weighted by atomic mass is 35.5. The Labute approximate surface area is 139 Å². The van der Waals surface area contributed by atoms with Crippen LogP contribution in [0.25, 0.3) is 0 Å². The number of carbonyl (C=O) groups excluding carboxylic acids is 1. The summed E-state index contributed by atoms with van der Waals surface area (Å²) in [4.78, 5) is 14.2. The number of likely N-dealkylation sites (N-methyl/N-ethyl adjacent to an activating group) is 1. The van der Waals surface area contributed by atoms with Gasteiger partial charge in [-0.3, -0.25) is 4.79 Å². The second kappa shape index (κ2) is 9.70. The van der Waals surface area contributed by atoms with Gasteiger partial charge >= 0.3 is 0 Å². The molecule has 2 rings (SSSR count). The molecular formula is C17H27ClN2O2. The highest BCUT2D eigenvalue weighted by molar-refractivity contribution is 5.85. The second-order valence-corrected chi connectivity index (χ2v) is 5.67. The van der Waals surface area contributed by atoms with Crippen LogP contribution in [0.5, 0.6) is 5.75 Å². The maximum absolute atomic E-state index is 12.2. The molecule has 124 valence electrons. The zero-order valence-electron chi connectivity index (χ0n) is 13.5. The standard InChI is InChI=1S/C17H26N2O2.ClH/c1-18-15-6-4-12-19(13-15)17(20)7-3-5-14-8-10-16(21-2)11-9-14;/h8-11,15,18H,3-7,12-13H2,1-2H3;1H. The van der Waals surface area contributed by atoms with Crippen LogP contribution in [-0.2, 0) is 11.2 Å². The van der Waals surface area contributed by atoms with E-state index in [9.17, 15) is 4.79 Å². The lowest BCUT2D eigenvalue weighted by Gasteiger charge is -2.32. The first-order chi connectivity index (χ1) is 10.2. The minimum absolute atomic E-state index is 0. The number of aryl methyl sites for hydroxylation is 1. The Morgan fingerprint density at radius 2 is 2.09 bits per heavy atom. The number of hydrogen-bond donors (Lipinski definition) is 1. The van der Waals surface area contributed by atoms with Crippen molar-refractivity contribution in [2.45, 2.75) is 38.1 Å². The molecule has 1 aliphatic rings. The van der Waals surface area contributed by atoms with Crippen LogP contribution in [0.3, 0.4) is 0 Å². The van der Waals surface area contributed by atoms with Gasteiger partial charge in [-0.25, -0.2) is 0 Å². The van der Waals surface area contributed by atoms with E-state index in [1.165, 1.54) is 12.0 Å². The van der Waals surface area contributed by atoms with Crippen LogP contribution in [0.15, 0.2) is 24.3 Å². The molecular weight excluding hydrogens is 300 g/mol. The number of rotatable bonds is 6. The smallest absolute Gasteiger partial charge is 0.222 e. The molecule has 1 N–H and O–H groups in total. The van der Waals surface area contributed by atoms with Crippen molar-refractivity contribution >= 4 is 18.3 Å². The summed E-state index contributed by atoms with van der Waals surface area (Å²) in [5, 5.41) is 3.28. The lowest BCUT2D eigenvalue weighted by molar-refractivity contribution is -0.132. The first kappa shape index (κ1) is 18.8. The summed E-state index contributed by atoms with van der Waals surface area (Å²) in [6, 6.07) is 8.55. The van der Waals surface area contributed by atoms with Crippen LogP contribution >= 0.6 is 12.4 Å². The van der Waals surface area contributed by atoms with Crippen molar-refractivity contribution in [3.63, 3.8) is 0 Å². The highest BCUT2D eigenvalue weighted by Crippen LogP contribution is 2.15.